The molecule has 0 saturated carbocycles. The molecule has 20 heavy (non-hydrogen) atoms. The van der Waals surface area contributed by atoms with Crippen molar-refractivity contribution in [2.45, 2.75) is 6.92 Å². The molecule has 0 fully saturated rings. The smallest absolute Gasteiger partial charge is 0.161 e. The molecule has 3 rings (SSSR count). The van der Waals surface area contributed by atoms with Crippen molar-refractivity contribution < 1.29 is 4.39 Å². The van der Waals surface area contributed by atoms with Crippen molar-refractivity contribution in [1.82, 2.24) is 9.97 Å². The van der Waals surface area contributed by atoms with Crippen LogP contribution in [0.5, 0.6) is 0 Å². The van der Waals surface area contributed by atoms with Gasteiger partial charge in [-0.15, -0.1) is 0 Å². The Bertz CT molecular complexity index is 820. The second kappa shape index (κ2) is 5.11. The van der Waals surface area contributed by atoms with Crippen molar-refractivity contribution in [1.29, 1.82) is 0 Å². The standard InChI is InChI=1S/C15H9BrClFN2/c1-8-5-11-13(12(16)6-8)19-15(20-14(11)17)9-3-2-4-10(18)7-9/h2-7H,1H3. The van der Waals surface area contributed by atoms with Gasteiger partial charge < -0.3 is 0 Å². The summed E-state index contributed by atoms with van der Waals surface area (Å²) in [6.45, 7) is 1.97. The Kier molecular flexibility index (Phi) is 3.44. The molecule has 0 spiro atoms. The molecule has 0 aliphatic rings. The van der Waals surface area contributed by atoms with Crippen LogP contribution in [0.3, 0.4) is 0 Å². The average molecular weight is 352 g/mol. The zero-order chi connectivity index (χ0) is 14.3. The third kappa shape index (κ3) is 2.41. The predicted molar refractivity (Wildman–Crippen MR) is 82.4 cm³/mol. The largest absolute Gasteiger partial charge is 0.227 e. The van der Waals surface area contributed by atoms with Gasteiger partial charge in [-0.3, -0.25) is 0 Å². The van der Waals surface area contributed by atoms with Crippen LogP contribution in [0.2, 0.25) is 5.15 Å². The normalized spacial score (nSPS) is 11.0. The van der Waals surface area contributed by atoms with E-state index < -0.39 is 0 Å². The van der Waals surface area contributed by atoms with Crippen LogP contribution in [0.25, 0.3) is 22.3 Å². The SMILES string of the molecule is Cc1cc(Br)c2nc(-c3cccc(F)c3)nc(Cl)c2c1. The minimum Gasteiger partial charge on any atom is -0.227 e. The molecule has 0 amide bonds. The number of benzene rings is 2. The molecule has 1 aromatic heterocycles. The van der Waals surface area contributed by atoms with Crippen molar-refractivity contribution in [3.8, 4) is 11.4 Å². The molecule has 1 heterocycles. The predicted octanol–water partition coefficient (Wildman–Crippen LogP) is 5.16. The van der Waals surface area contributed by atoms with E-state index in [9.17, 15) is 4.39 Å². The van der Waals surface area contributed by atoms with Gasteiger partial charge in [-0.2, -0.15) is 0 Å². The summed E-state index contributed by atoms with van der Waals surface area (Å²) in [5, 5.41) is 1.14. The summed E-state index contributed by atoms with van der Waals surface area (Å²) in [7, 11) is 0. The summed E-state index contributed by atoms with van der Waals surface area (Å²) < 4.78 is 14.1. The highest BCUT2D eigenvalue weighted by atomic mass is 79.9. The van der Waals surface area contributed by atoms with Gasteiger partial charge in [-0.1, -0.05) is 23.7 Å². The number of aryl methyl sites for hydroxylation is 1. The van der Waals surface area contributed by atoms with Crippen LogP contribution in [0.1, 0.15) is 5.56 Å². The molecule has 5 heteroatoms. The maximum atomic E-state index is 13.3. The van der Waals surface area contributed by atoms with Gasteiger partial charge in [-0.25, -0.2) is 14.4 Å². The molecule has 3 aromatic rings. The summed E-state index contributed by atoms with van der Waals surface area (Å²) >= 11 is 9.71. The summed E-state index contributed by atoms with van der Waals surface area (Å²) in [4.78, 5) is 8.74. The fourth-order valence-electron chi connectivity index (χ4n) is 2.05. The molecule has 0 N–H and O–H groups in total. The highest BCUT2D eigenvalue weighted by molar-refractivity contribution is 9.10. The monoisotopic (exact) mass is 350 g/mol. The quantitative estimate of drug-likeness (QED) is 0.566. The van der Waals surface area contributed by atoms with E-state index in [1.807, 2.05) is 19.1 Å². The molecular formula is C15H9BrClFN2. The van der Waals surface area contributed by atoms with Gasteiger partial charge in [0.05, 0.1) is 5.52 Å². The van der Waals surface area contributed by atoms with Gasteiger partial charge in [0.2, 0.25) is 0 Å². The van der Waals surface area contributed by atoms with E-state index in [1.54, 1.807) is 12.1 Å². The molecule has 0 radical (unpaired) electrons. The molecule has 0 atom stereocenters. The Morgan fingerprint density at radius 1 is 1.15 bits per heavy atom. The Labute approximate surface area is 128 Å². The number of hydrogen-bond donors (Lipinski definition) is 0. The zero-order valence-electron chi connectivity index (χ0n) is 10.5. The van der Waals surface area contributed by atoms with E-state index in [1.165, 1.54) is 12.1 Å². The summed E-state index contributed by atoms with van der Waals surface area (Å²) in [6, 6.07) is 10.0. The van der Waals surface area contributed by atoms with Crippen molar-refractivity contribution in [2.75, 3.05) is 0 Å². The lowest BCUT2D eigenvalue weighted by Crippen LogP contribution is -1.94. The Balaban J connectivity index is 2.29. The fraction of sp³-hybridized carbons (Fsp3) is 0.0667. The molecule has 0 aliphatic carbocycles. The van der Waals surface area contributed by atoms with Gasteiger partial charge in [0.25, 0.3) is 0 Å². The average Bonchev–Trinajstić information content (AvgIpc) is 2.39. The maximum absolute atomic E-state index is 13.3. The summed E-state index contributed by atoms with van der Waals surface area (Å²) in [6.07, 6.45) is 0. The van der Waals surface area contributed by atoms with E-state index in [0.717, 1.165) is 20.9 Å². The lowest BCUT2D eigenvalue weighted by molar-refractivity contribution is 0.628. The van der Waals surface area contributed by atoms with Gasteiger partial charge >= 0.3 is 0 Å². The first-order chi connectivity index (χ1) is 9.54. The fourth-order valence-corrected chi connectivity index (χ4v) is 2.93. The second-order valence-corrected chi connectivity index (χ2v) is 5.70. The van der Waals surface area contributed by atoms with Crippen LogP contribution in [0.4, 0.5) is 4.39 Å². The molecular weight excluding hydrogens is 343 g/mol. The second-order valence-electron chi connectivity index (χ2n) is 4.49. The van der Waals surface area contributed by atoms with Crippen molar-refractivity contribution >= 4 is 38.4 Å². The number of fused-ring (bicyclic) bond motifs is 1. The first-order valence-corrected chi connectivity index (χ1v) is 7.11. The van der Waals surface area contributed by atoms with Crippen LogP contribution in [0.15, 0.2) is 40.9 Å². The molecule has 0 aliphatic heterocycles. The maximum Gasteiger partial charge on any atom is 0.161 e. The Morgan fingerprint density at radius 3 is 2.70 bits per heavy atom. The Hall–Kier alpha value is -1.52. The van der Waals surface area contributed by atoms with Gasteiger partial charge in [-0.05, 0) is 52.7 Å². The van der Waals surface area contributed by atoms with E-state index in [2.05, 4.69) is 25.9 Å². The lowest BCUT2D eigenvalue weighted by Gasteiger charge is -2.07. The lowest BCUT2D eigenvalue weighted by atomic mass is 10.1. The number of nitrogens with zero attached hydrogens (tertiary/aromatic N) is 2. The molecule has 0 bridgehead atoms. The van der Waals surface area contributed by atoms with Crippen LogP contribution in [-0.2, 0) is 0 Å². The Morgan fingerprint density at radius 2 is 1.95 bits per heavy atom. The van der Waals surface area contributed by atoms with Crippen LogP contribution < -0.4 is 0 Å². The molecule has 0 unspecified atom stereocenters. The van der Waals surface area contributed by atoms with E-state index in [-0.39, 0.29) is 5.82 Å². The van der Waals surface area contributed by atoms with Crippen molar-refractivity contribution in [2.24, 2.45) is 0 Å². The van der Waals surface area contributed by atoms with E-state index >= 15 is 0 Å². The number of rotatable bonds is 1. The minimum absolute atomic E-state index is 0.328. The van der Waals surface area contributed by atoms with Crippen LogP contribution in [-0.4, -0.2) is 9.97 Å². The number of aromatic nitrogens is 2. The first kappa shape index (κ1) is 13.5. The topological polar surface area (TPSA) is 25.8 Å². The molecule has 2 aromatic carbocycles. The van der Waals surface area contributed by atoms with E-state index in [4.69, 9.17) is 11.6 Å². The van der Waals surface area contributed by atoms with Gasteiger partial charge in [0.1, 0.15) is 11.0 Å². The summed E-state index contributed by atoms with van der Waals surface area (Å²) in [5.74, 6) is 0.0804. The number of hydrogen-bond acceptors (Lipinski definition) is 2. The zero-order valence-corrected chi connectivity index (χ0v) is 12.8. The van der Waals surface area contributed by atoms with Crippen molar-refractivity contribution in [3.63, 3.8) is 0 Å². The molecule has 2 nitrogen and oxygen atoms in total. The third-order valence-corrected chi connectivity index (χ3v) is 3.83. The van der Waals surface area contributed by atoms with Gasteiger partial charge in [0.15, 0.2) is 5.82 Å². The van der Waals surface area contributed by atoms with Gasteiger partial charge in [0, 0.05) is 15.4 Å². The summed E-state index contributed by atoms with van der Waals surface area (Å²) in [5.41, 5.74) is 2.38. The molecule has 100 valence electrons. The third-order valence-electron chi connectivity index (χ3n) is 2.93. The number of halogens is 3. The first-order valence-electron chi connectivity index (χ1n) is 5.94. The van der Waals surface area contributed by atoms with E-state index in [0.29, 0.717) is 16.5 Å². The minimum atomic E-state index is -0.328. The van der Waals surface area contributed by atoms with Crippen LogP contribution in [0, 0.1) is 12.7 Å². The van der Waals surface area contributed by atoms with Crippen LogP contribution >= 0.6 is 27.5 Å². The van der Waals surface area contributed by atoms with Crippen molar-refractivity contribution in [3.05, 3.63) is 57.4 Å². The molecule has 0 saturated heterocycles. The highest BCUT2D eigenvalue weighted by Gasteiger charge is 2.11. The highest BCUT2D eigenvalue weighted by Crippen LogP contribution is 2.30.